The molecule has 1 fully saturated rings. The van der Waals surface area contributed by atoms with Crippen molar-refractivity contribution in [3.8, 4) is 0 Å². The van der Waals surface area contributed by atoms with Gasteiger partial charge in [0.25, 0.3) is 11.8 Å². The predicted molar refractivity (Wildman–Crippen MR) is 154 cm³/mol. The summed E-state index contributed by atoms with van der Waals surface area (Å²) >= 11 is 0. The number of hydrogen-bond acceptors (Lipinski definition) is 7. The smallest absolute Gasteiger partial charge is 0.337 e. The van der Waals surface area contributed by atoms with E-state index in [1.54, 1.807) is 18.2 Å². The number of nitrogens with zero attached hydrogens (tertiary/aromatic N) is 4. The van der Waals surface area contributed by atoms with Gasteiger partial charge in [0.2, 0.25) is 0 Å². The number of benzene rings is 3. The van der Waals surface area contributed by atoms with Gasteiger partial charge in [-0.05, 0) is 59.9 Å². The Kier molecular flexibility index (Phi) is 7.02. The number of hydrogen-bond donors (Lipinski definition) is 0. The summed E-state index contributed by atoms with van der Waals surface area (Å²) in [5.74, 6) is -0.762. The molecule has 3 aromatic rings. The number of fused-ring (bicyclic) bond motifs is 2. The van der Waals surface area contributed by atoms with E-state index < -0.39 is 0 Å². The molecule has 0 atom stereocenters. The van der Waals surface area contributed by atoms with Gasteiger partial charge in [-0.25, -0.2) is 4.79 Å². The summed E-state index contributed by atoms with van der Waals surface area (Å²) in [4.78, 5) is 47.0. The third kappa shape index (κ3) is 4.84. The first kappa shape index (κ1) is 26.1. The molecule has 6 rings (SSSR count). The number of aryl methyl sites for hydroxylation is 1. The summed E-state index contributed by atoms with van der Waals surface area (Å²) in [7, 11) is 3.49. The number of ether oxygens (including phenoxy) is 1. The van der Waals surface area contributed by atoms with E-state index in [1.165, 1.54) is 23.3 Å². The second kappa shape index (κ2) is 10.8. The Balaban J connectivity index is 1.13. The summed E-state index contributed by atoms with van der Waals surface area (Å²) in [5, 5.41) is 0. The minimum atomic E-state index is -0.335. The van der Waals surface area contributed by atoms with E-state index in [1.807, 2.05) is 30.3 Å². The third-order valence-corrected chi connectivity index (χ3v) is 8.31. The molecule has 0 aliphatic carbocycles. The quantitative estimate of drug-likeness (QED) is 0.347. The van der Waals surface area contributed by atoms with Crippen LogP contribution < -0.4 is 9.80 Å². The molecule has 40 heavy (non-hydrogen) atoms. The molecule has 3 aliphatic rings. The zero-order valence-electron chi connectivity index (χ0n) is 23.1. The van der Waals surface area contributed by atoms with Gasteiger partial charge in [-0.15, -0.1) is 0 Å². The van der Waals surface area contributed by atoms with Crippen molar-refractivity contribution in [1.29, 1.82) is 0 Å². The van der Waals surface area contributed by atoms with Gasteiger partial charge < -0.3 is 14.5 Å². The summed E-state index contributed by atoms with van der Waals surface area (Å²) in [6.45, 7) is 5.30. The van der Waals surface area contributed by atoms with Gasteiger partial charge in [0.1, 0.15) is 0 Å². The number of esters is 1. The third-order valence-electron chi connectivity index (χ3n) is 8.31. The topological polar surface area (TPSA) is 73.4 Å². The number of methoxy groups -OCH3 is 1. The van der Waals surface area contributed by atoms with E-state index in [-0.39, 0.29) is 24.3 Å². The maximum Gasteiger partial charge on any atom is 0.337 e. The first-order valence-electron chi connectivity index (χ1n) is 13.9. The Hall–Kier alpha value is -4.17. The van der Waals surface area contributed by atoms with Crippen molar-refractivity contribution in [3.05, 3.63) is 94.0 Å². The minimum absolute atomic E-state index is 0.210. The second-order valence-corrected chi connectivity index (χ2v) is 10.8. The zero-order valence-corrected chi connectivity index (χ0v) is 23.1. The van der Waals surface area contributed by atoms with Gasteiger partial charge in [0, 0.05) is 52.0 Å². The van der Waals surface area contributed by atoms with Crippen LogP contribution in [0, 0.1) is 0 Å². The second-order valence-electron chi connectivity index (χ2n) is 10.8. The van der Waals surface area contributed by atoms with E-state index in [4.69, 9.17) is 4.74 Å². The predicted octanol–water partition coefficient (Wildman–Crippen LogP) is 3.97. The number of carbonyl (C=O) groups excluding carboxylic acids is 3. The highest BCUT2D eigenvalue weighted by molar-refractivity contribution is 6.23. The Morgan fingerprint density at radius 2 is 1.57 bits per heavy atom. The number of anilines is 2. The Morgan fingerprint density at radius 1 is 0.825 bits per heavy atom. The average molecular weight is 539 g/mol. The fraction of sp³-hybridized carbons (Fsp3) is 0.344. The molecule has 0 bridgehead atoms. The minimum Gasteiger partial charge on any atom is -0.465 e. The van der Waals surface area contributed by atoms with Crippen LogP contribution in [0.2, 0.25) is 0 Å². The highest BCUT2D eigenvalue weighted by atomic mass is 16.5. The first-order valence-corrected chi connectivity index (χ1v) is 13.9. The van der Waals surface area contributed by atoms with E-state index >= 15 is 0 Å². The molecular formula is C32H34N4O4. The largest absolute Gasteiger partial charge is 0.465 e. The Labute approximate surface area is 234 Å². The van der Waals surface area contributed by atoms with Crippen molar-refractivity contribution in [2.75, 3.05) is 56.7 Å². The number of amides is 2. The standard InChI is InChI=1S/C32H34N4O4/c1-33-14-4-5-25-19-23(10-13-27(25)33)21-36-30(37)26-6-3-7-28(29(26)31(36)38)35-17-15-34(16-18-35)20-22-8-11-24(12-9-22)32(39)40-2/h3,6-13,19H,4-5,14-18,20-21H2,1-2H3. The number of carbonyl (C=O) groups is 3. The van der Waals surface area contributed by atoms with Crippen LogP contribution in [0.25, 0.3) is 0 Å². The van der Waals surface area contributed by atoms with Crippen molar-refractivity contribution >= 4 is 29.2 Å². The van der Waals surface area contributed by atoms with E-state index in [9.17, 15) is 14.4 Å². The van der Waals surface area contributed by atoms with Gasteiger partial charge in [-0.3, -0.25) is 19.4 Å². The van der Waals surface area contributed by atoms with Gasteiger partial charge in [0.05, 0.1) is 36.0 Å². The molecule has 0 saturated carbocycles. The lowest BCUT2D eigenvalue weighted by Crippen LogP contribution is -2.46. The van der Waals surface area contributed by atoms with Crippen LogP contribution in [0.5, 0.6) is 0 Å². The van der Waals surface area contributed by atoms with Crippen LogP contribution in [0.15, 0.2) is 60.7 Å². The van der Waals surface area contributed by atoms with Crippen molar-refractivity contribution in [2.24, 2.45) is 0 Å². The molecule has 0 radical (unpaired) electrons. The van der Waals surface area contributed by atoms with Crippen LogP contribution in [0.1, 0.15) is 54.2 Å². The maximum absolute atomic E-state index is 13.6. The molecule has 8 heteroatoms. The maximum atomic E-state index is 13.6. The summed E-state index contributed by atoms with van der Waals surface area (Å²) < 4.78 is 4.78. The van der Waals surface area contributed by atoms with Crippen molar-refractivity contribution in [3.63, 3.8) is 0 Å². The summed E-state index contributed by atoms with van der Waals surface area (Å²) in [6, 6.07) is 19.4. The van der Waals surface area contributed by atoms with Gasteiger partial charge in [0.15, 0.2) is 0 Å². The number of imide groups is 1. The lowest BCUT2D eigenvalue weighted by atomic mass is 9.99. The fourth-order valence-electron chi connectivity index (χ4n) is 6.11. The highest BCUT2D eigenvalue weighted by Gasteiger charge is 2.39. The van der Waals surface area contributed by atoms with Crippen LogP contribution >= 0.6 is 0 Å². The molecule has 3 heterocycles. The average Bonchev–Trinajstić information content (AvgIpc) is 3.22. The number of piperazine rings is 1. The monoisotopic (exact) mass is 538 g/mol. The molecule has 0 unspecified atom stereocenters. The lowest BCUT2D eigenvalue weighted by molar-refractivity contribution is 0.0597. The molecule has 0 aromatic heterocycles. The molecule has 3 aliphatic heterocycles. The molecule has 0 N–H and O–H groups in total. The highest BCUT2D eigenvalue weighted by Crippen LogP contribution is 2.34. The van der Waals surface area contributed by atoms with E-state index in [0.717, 1.165) is 68.9 Å². The molecule has 0 spiro atoms. The van der Waals surface area contributed by atoms with Gasteiger partial charge >= 0.3 is 5.97 Å². The molecule has 2 amide bonds. The molecule has 1 saturated heterocycles. The van der Waals surface area contributed by atoms with E-state index in [2.05, 4.69) is 33.9 Å². The Bertz CT molecular complexity index is 1460. The zero-order chi connectivity index (χ0) is 27.8. The van der Waals surface area contributed by atoms with E-state index in [0.29, 0.717) is 16.7 Å². The van der Waals surface area contributed by atoms with Crippen molar-refractivity contribution in [2.45, 2.75) is 25.9 Å². The fourth-order valence-corrected chi connectivity index (χ4v) is 6.11. The van der Waals surface area contributed by atoms with Crippen molar-refractivity contribution < 1.29 is 19.1 Å². The molecular weight excluding hydrogens is 504 g/mol. The van der Waals surface area contributed by atoms with Crippen LogP contribution in [0.4, 0.5) is 11.4 Å². The lowest BCUT2D eigenvalue weighted by Gasteiger charge is -2.36. The van der Waals surface area contributed by atoms with Crippen molar-refractivity contribution in [1.82, 2.24) is 9.80 Å². The molecule has 206 valence electrons. The SMILES string of the molecule is COC(=O)c1ccc(CN2CCN(c3cccc4c3C(=O)N(Cc3ccc5c(c3)CCCN5C)C4=O)CC2)cc1. The normalized spacial score (nSPS) is 17.2. The summed E-state index contributed by atoms with van der Waals surface area (Å²) in [6.07, 6.45) is 2.13. The molecule has 8 nitrogen and oxygen atoms in total. The van der Waals surface area contributed by atoms with Gasteiger partial charge in [-0.1, -0.05) is 30.3 Å². The number of rotatable bonds is 6. The summed E-state index contributed by atoms with van der Waals surface area (Å²) in [5.41, 5.74) is 7.03. The first-order chi connectivity index (χ1) is 19.4. The van der Waals surface area contributed by atoms with Crippen LogP contribution in [-0.4, -0.2) is 74.5 Å². The van der Waals surface area contributed by atoms with Crippen LogP contribution in [0.3, 0.4) is 0 Å². The molecule has 3 aromatic carbocycles. The Morgan fingerprint density at radius 3 is 2.33 bits per heavy atom. The van der Waals surface area contributed by atoms with Gasteiger partial charge in [-0.2, -0.15) is 0 Å². The van der Waals surface area contributed by atoms with Crippen LogP contribution in [-0.2, 0) is 24.2 Å².